The molecule has 0 heterocycles. The molecule has 5 rings (SSSR count). The van der Waals surface area contributed by atoms with Gasteiger partial charge in [-0.1, -0.05) is 55.0 Å². The summed E-state index contributed by atoms with van der Waals surface area (Å²) in [4.78, 5) is 25.3. The van der Waals surface area contributed by atoms with Gasteiger partial charge in [0.1, 0.15) is 0 Å². The summed E-state index contributed by atoms with van der Waals surface area (Å²) >= 11 is 0. The molecule has 0 aliphatic heterocycles. The number of carbonyl (C=O) groups is 2. The number of hydrogen-bond donors (Lipinski definition) is 4. The van der Waals surface area contributed by atoms with Gasteiger partial charge in [-0.25, -0.2) is 9.59 Å². The van der Waals surface area contributed by atoms with E-state index in [0.29, 0.717) is 24.9 Å². The van der Waals surface area contributed by atoms with Gasteiger partial charge in [-0.15, -0.1) is 0 Å². The van der Waals surface area contributed by atoms with Gasteiger partial charge in [0.15, 0.2) is 0 Å². The van der Waals surface area contributed by atoms with Crippen LogP contribution in [0.3, 0.4) is 0 Å². The van der Waals surface area contributed by atoms with Gasteiger partial charge in [-0.3, -0.25) is 0 Å². The Hall–Kier alpha value is -3.02. The van der Waals surface area contributed by atoms with Gasteiger partial charge >= 0.3 is 12.1 Å². The molecule has 0 radical (unpaired) electrons. The van der Waals surface area contributed by atoms with Crippen LogP contribution in [-0.2, 0) is 12.8 Å². The normalized spacial score (nSPS) is 25.1. The van der Waals surface area contributed by atoms with E-state index in [1.807, 2.05) is 0 Å². The van der Waals surface area contributed by atoms with Gasteiger partial charge in [0.2, 0.25) is 0 Å². The molecule has 4 atom stereocenters. The lowest BCUT2D eigenvalue weighted by Crippen LogP contribution is -2.43. The van der Waals surface area contributed by atoms with Gasteiger partial charge in [-0.2, -0.15) is 0 Å². The van der Waals surface area contributed by atoms with Crippen LogP contribution in [0.5, 0.6) is 0 Å². The molecule has 4 N–H and O–H groups in total. The molecule has 192 valence electrons. The summed E-state index contributed by atoms with van der Waals surface area (Å²) in [6, 6.07) is 17.0. The molecule has 3 aliphatic rings. The second kappa shape index (κ2) is 11.8. The number of fused-ring (bicyclic) bond motifs is 2. The van der Waals surface area contributed by atoms with Crippen molar-refractivity contribution in [3.8, 4) is 0 Å². The Balaban J connectivity index is 1.03. The molecule has 6 heteroatoms. The molecule has 6 nitrogen and oxygen atoms in total. The monoisotopic (exact) mass is 488 g/mol. The molecule has 1 fully saturated rings. The second-order valence-electron chi connectivity index (χ2n) is 10.9. The molecule has 2 aromatic carbocycles. The topological polar surface area (TPSA) is 82.3 Å². The van der Waals surface area contributed by atoms with Crippen molar-refractivity contribution < 1.29 is 9.59 Å². The van der Waals surface area contributed by atoms with E-state index in [2.05, 4.69) is 69.8 Å². The van der Waals surface area contributed by atoms with Crippen LogP contribution in [0.1, 0.15) is 85.7 Å². The van der Waals surface area contributed by atoms with Gasteiger partial charge in [0.25, 0.3) is 0 Å². The van der Waals surface area contributed by atoms with E-state index in [1.54, 1.807) is 0 Å². The SMILES string of the molecule is O=C(NC[C@H]1CCC[C@@H](CNC(=O)N[C@H]2CCCc3ccccc32)C1)N[C@H]1CCCc2ccccc21. The van der Waals surface area contributed by atoms with E-state index < -0.39 is 0 Å². The van der Waals surface area contributed by atoms with Crippen molar-refractivity contribution >= 4 is 12.1 Å². The minimum atomic E-state index is -0.0657. The molecular weight excluding hydrogens is 448 g/mol. The van der Waals surface area contributed by atoms with E-state index in [4.69, 9.17) is 0 Å². The Labute approximate surface area is 215 Å². The number of aryl methyl sites for hydroxylation is 2. The fourth-order valence-electron chi connectivity index (χ4n) is 6.47. The van der Waals surface area contributed by atoms with Crippen LogP contribution in [0, 0.1) is 11.8 Å². The summed E-state index contributed by atoms with van der Waals surface area (Å²) in [5, 5.41) is 12.7. The van der Waals surface area contributed by atoms with E-state index >= 15 is 0 Å². The van der Waals surface area contributed by atoms with Crippen LogP contribution < -0.4 is 21.3 Å². The van der Waals surface area contributed by atoms with Crippen molar-refractivity contribution in [2.24, 2.45) is 11.8 Å². The highest BCUT2D eigenvalue weighted by Gasteiger charge is 2.26. The highest BCUT2D eigenvalue weighted by atomic mass is 16.2. The predicted octanol–water partition coefficient (Wildman–Crippen LogP) is 5.55. The first kappa shape index (κ1) is 24.7. The maximum absolute atomic E-state index is 12.6. The Morgan fingerprint density at radius 3 is 1.61 bits per heavy atom. The number of amides is 4. The van der Waals surface area contributed by atoms with Crippen molar-refractivity contribution in [3.05, 3.63) is 70.8 Å². The molecular formula is C30H40N4O2. The molecule has 0 saturated heterocycles. The van der Waals surface area contributed by atoms with Crippen LogP contribution in [-0.4, -0.2) is 25.2 Å². The Bertz CT molecular complexity index is 973. The summed E-state index contributed by atoms with van der Waals surface area (Å²) in [7, 11) is 0. The number of urea groups is 2. The van der Waals surface area contributed by atoms with Crippen molar-refractivity contribution in [3.63, 3.8) is 0 Å². The molecule has 0 bridgehead atoms. The first-order valence-electron chi connectivity index (χ1n) is 13.9. The minimum Gasteiger partial charge on any atom is -0.338 e. The molecule has 0 unspecified atom stereocenters. The lowest BCUT2D eigenvalue weighted by molar-refractivity contribution is 0.217. The van der Waals surface area contributed by atoms with Gasteiger partial charge < -0.3 is 21.3 Å². The molecule has 4 amide bonds. The third-order valence-electron chi connectivity index (χ3n) is 8.34. The molecule has 36 heavy (non-hydrogen) atoms. The summed E-state index contributed by atoms with van der Waals surface area (Å²) in [6.07, 6.45) is 10.9. The van der Waals surface area contributed by atoms with Crippen molar-refractivity contribution in [2.45, 2.75) is 76.3 Å². The molecule has 0 aromatic heterocycles. The summed E-state index contributed by atoms with van der Waals surface area (Å²) in [6.45, 7) is 1.39. The van der Waals surface area contributed by atoms with Crippen molar-refractivity contribution in [1.82, 2.24) is 21.3 Å². The van der Waals surface area contributed by atoms with E-state index in [9.17, 15) is 9.59 Å². The minimum absolute atomic E-state index is 0.0657. The standard InChI is InChI=1S/C30H40N4O2/c35-29(33-27-16-6-12-23-10-1-3-14-25(23)27)31-19-21-8-5-9-22(18-21)20-32-30(36)34-28-17-7-13-24-11-2-4-15-26(24)28/h1-4,10-11,14-15,21-22,27-28H,5-9,12-13,16-20H2,(H2,31,33,35)(H2,32,34,36)/t21-,22+,27-,28-/m0/s1. The Morgan fingerprint density at radius 2 is 1.11 bits per heavy atom. The number of benzene rings is 2. The molecule has 3 aliphatic carbocycles. The Kier molecular flexibility index (Phi) is 8.09. The number of carbonyl (C=O) groups excluding carboxylic acids is 2. The highest BCUT2D eigenvalue weighted by Crippen LogP contribution is 2.31. The lowest BCUT2D eigenvalue weighted by atomic mass is 9.81. The zero-order chi connectivity index (χ0) is 24.7. The molecule has 2 aromatic rings. The third-order valence-corrected chi connectivity index (χ3v) is 8.34. The summed E-state index contributed by atoms with van der Waals surface area (Å²) in [5.74, 6) is 0.923. The quantitative estimate of drug-likeness (QED) is 0.430. The van der Waals surface area contributed by atoms with E-state index in [1.165, 1.54) is 22.3 Å². The van der Waals surface area contributed by atoms with E-state index in [-0.39, 0.29) is 24.1 Å². The fourth-order valence-corrected chi connectivity index (χ4v) is 6.47. The van der Waals surface area contributed by atoms with Crippen LogP contribution in [0.15, 0.2) is 48.5 Å². The maximum Gasteiger partial charge on any atom is 0.315 e. The van der Waals surface area contributed by atoms with Crippen molar-refractivity contribution in [1.29, 1.82) is 0 Å². The first-order chi connectivity index (χ1) is 17.7. The van der Waals surface area contributed by atoms with Gasteiger partial charge in [0, 0.05) is 13.1 Å². The molecule has 1 saturated carbocycles. The van der Waals surface area contributed by atoms with Crippen LogP contribution in [0.4, 0.5) is 9.59 Å². The zero-order valence-electron chi connectivity index (χ0n) is 21.2. The third kappa shape index (κ3) is 6.21. The number of nitrogens with one attached hydrogen (secondary N) is 4. The first-order valence-corrected chi connectivity index (χ1v) is 13.9. The summed E-state index contributed by atoms with van der Waals surface area (Å²) < 4.78 is 0. The second-order valence-corrected chi connectivity index (χ2v) is 10.9. The van der Waals surface area contributed by atoms with Crippen molar-refractivity contribution in [2.75, 3.05) is 13.1 Å². The number of rotatable bonds is 6. The zero-order valence-corrected chi connectivity index (χ0v) is 21.2. The maximum atomic E-state index is 12.6. The van der Waals surface area contributed by atoms with Crippen LogP contribution in [0.2, 0.25) is 0 Å². The van der Waals surface area contributed by atoms with Gasteiger partial charge in [0.05, 0.1) is 12.1 Å². The summed E-state index contributed by atoms with van der Waals surface area (Å²) in [5.41, 5.74) is 5.23. The highest BCUT2D eigenvalue weighted by molar-refractivity contribution is 5.75. The molecule has 0 spiro atoms. The largest absolute Gasteiger partial charge is 0.338 e. The average Bonchev–Trinajstić information content (AvgIpc) is 2.91. The average molecular weight is 489 g/mol. The lowest BCUT2D eigenvalue weighted by Gasteiger charge is -2.31. The van der Waals surface area contributed by atoms with Crippen LogP contribution >= 0.6 is 0 Å². The predicted molar refractivity (Wildman–Crippen MR) is 143 cm³/mol. The van der Waals surface area contributed by atoms with Crippen LogP contribution in [0.25, 0.3) is 0 Å². The Morgan fingerprint density at radius 1 is 0.639 bits per heavy atom. The van der Waals surface area contributed by atoms with E-state index in [0.717, 1.165) is 64.2 Å². The fraction of sp³-hybridized carbons (Fsp3) is 0.533. The number of hydrogen-bond acceptors (Lipinski definition) is 2. The smallest absolute Gasteiger partial charge is 0.315 e. The van der Waals surface area contributed by atoms with Gasteiger partial charge in [-0.05, 0) is 91.9 Å².